The van der Waals surface area contributed by atoms with Crippen molar-refractivity contribution in [3.05, 3.63) is 35.4 Å². The summed E-state index contributed by atoms with van der Waals surface area (Å²) in [5.41, 5.74) is 0.932. The highest BCUT2D eigenvalue weighted by Crippen LogP contribution is 2.45. The molecule has 0 unspecified atom stereocenters. The van der Waals surface area contributed by atoms with Gasteiger partial charge < -0.3 is 4.74 Å². The lowest BCUT2D eigenvalue weighted by Gasteiger charge is -2.39. The summed E-state index contributed by atoms with van der Waals surface area (Å²) in [5.74, 6) is -0.106. The lowest BCUT2D eigenvalue weighted by Crippen LogP contribution is -2.40. The Hall–Kier alpha value is -2.11. The van der Waals surface area contributed by atoms with Gasteiger partial charge in [-0.05, 0) is 42.2 Å². The molecule has 0 saturated heterocycles. The van der Waals surface area contributed by atoms with E-state index in [2.05, 4.69) is 20.7 Å². The van der Waals surface area contributed by atoms with E-state index in [0.717, 1.165) is 30.4 Å². The largest absolute Gasteiger partial charge is 0.469 e. The predicted octanol–water partition coefficient (Wildman–Crippen LogP) is 3.58. The van der Waals surface area contributed by atoms with Gasteiger partial charge >= 0.3 is 5.97 Å². The maximum Gasteiger partial charge on any atom is 0.312 e. The molecule has 0 spiro atoms. The average molecular weight is 286 g/mol. The van der Waals surface area contributed by atoms with E-state index in [4.69, 9.17) is 4.74 Å². The fourth-order valence-electron chi connectivity index (χ4n) is 2.99. The molecule has 6 nitrogen and oxygen atoms in total. The van der Waals surface area contributed by atoms with Gasteiger partial charge in [-0.3, -0.25) is 4.79 Å². The summed E-state index contributed by atoms with van der Waals surface area (Å²) in [4.78, 5) is 12.0. The Morgan fingerprint density at radius 1 is 1.29 bits per heavy atom. The van der Waals surface area contributed by atoms with Crippen LogP contribution in [0.4, 0.5) is 0 Å². The highest BCUT2D eigenvalue weighted by Gasteiger charge is 2.45. The minimum Gasteiger partial charge on any atom is -0.469 e. The van der Waals surface area contributed by atoms with Crippen LogP contribution in [0.1, 0.15) is 37.3 Å². The second-order valence-electron chi connectivity index (χ2n) is 5.90. The molecule has 1 saturated carbocycles. The second kappa shape index (κ2) is 5.02. The highest BCUT2D eigenvalue weighted by molar-refractivity contribution is 5.78. The van der Waals surface area contributed by atoms with E-state index in [9.17, 15) is 4.79 Å². The van der Waals surface area contributed by atoms with E-state index in [0.29, 0.717) is 6.42 Å². The topological polar surface area (TPSA) is 75.7 Å². The van der Waals surface area contributed by atoms with Gasteiger partial charge in [0.15, 0.2) is 0 Å². The molecule has 1 aromatic rings. The van der Waals surface area contributed by atoms with Gasteiger partial charge in [0.2, 0.25) is 5.66 Å². The minimum absolute atomic E-state index is 0.106. The number of rotatable bonds is 4. The fraction of sp³-hybridized carbons (Fsp3) is 0.533. The first-order valence-electron chi connectivity index (χ1n) is 7.10. The zero-order valence-corrected chi connectivity index (χ0v) is 12.2. The number of benzene rings is 1. The molecular weight excluding hydrogens is 268 g/mol. The van der Waals surface area contributed by atoms with Crippen LogP contribution < -0.4 is 0 Å². The molecule has 1 fully saturated rings. The number of carbonyl (C=O) groups excluding carboxylic acids is 1. The fourth-order valence-corrected chi connectivity index (χ4v) is 2.99. The third-order valence-electron chi connectivity index (χ3n) is 4.46. The normalized spacial score (nSPS) is 21.0. The van der Waals surface area contributed by atoms with E-state index in [-0.39, 0.29) is 11.4 Å². The van der Waals surface area contributed by atoms with E-state index in [1.807, 2.05) is 31.2 Å². The van der Waals surface area contributed by atoms with Crippen molar-refractivity contribution in [3.8, 4) is 0 Å². The van der Waals surface area contributed by atoms with Crippen molar-refractivity contribution in [1.82, 2.24) is 0 Å². The number of nitrogens with zero attached hydrogens (tertiary/aromatic N) is 4. The molecule has 3 rings (SSSR count). The van der Waals surface area contributed by atoms with Gasteiger partial charge in [0.05, 0.1) is 12.5 Å². The van der Waals surface area contributed by atoms with Gasteiger partial charge in [0.1, 0.15) is 0 Å². The van der Waals surface area contributed by atoms with Gasteiger partial charge in [0, 0.05) is 5.56 Å². The first-order chi connectivity index (χ1) is 10.1. The van der Waals surface area contributed by atoms with Crippen molar-refractivity contribution in [3.63, 3.8) is 0 Å². The first-order valence-corrected chi connectivity index (χ1v) is 7.10. The van der Waals surface area contributed by atoms with Crippen molar-refractivity contribution in [2.75, 3.05) is 7.11 Å². The molecule has 110 valence electrons. The summed E-state index contributed by atoms with van der Waals surface area (Å²) < 4.78 is 4.97. The predicted molar refractivity (Wildman–Crippen MR) is 75.5 cm³/mol. The summed E-state index contributed by atoms with van der Waals surface area (Å²) in [6.07, 6.45) is 3.55. The van der Waals surface area contributed by atoms with Crippen molar-refractivity contribution in [1.29, 1.82) is 0 Å². The molecule has 21 heavy (non-hydrogen) atoms. The minimum atomic E-state index is -0.742. The summed E-state index contributed by atoms with van der Waals surface area (Å²) in [6, 6.07) is 7.98. The molecule has 0 amide bonds. The third-order valence-corrected chi connectivity index (χ3v) is 4.46. The number of ether oxygens (including phenoxy) is 1. The van der Waals surface area contributed by atoms with Crippen LogP contribution in [0.2, 0.25) is 0 Å². The van der Waals surface area contributed by atoms with E-state index >= 15 is 0 Å². The van der Waals surface area contributed by atoms with Crippen LogP contribution >= 0.6 is 0 Å². The monoisotopic (exact) mass is 286 g/mol. The maximum absolute atomic E-state index is 12.0. The Bertz CT molecular complexity index is 608. The summed E-state index contributed by atoms with van der Waals surface area (Å²) >= 11 is 0. The van der Waals surface area contributed by atoms with Crippen molar-refractivity contribution >= 4 is 5.97 Å². The summed E-state index contributed by atoms with van der Waals surface area (Å²) in [7, 11) is 1.46. The van der Waals surface area contributed by atoms with Crippen LogP contribution in [-0.2, 0) is 21.6 Å². The Morgan fingerprint density at radius 3 is 2.57 bits per heavy atom. The molecule has 0 N–H and O–H groups in total. The quantitative estimate of drug-likeness (QED) is 0.793. The van der Waals surface area contributed by atoms with Crippen LogP contribution in [0.3, 0.4) is 0 Å². The SMILES string of the molecule is COC(=O)C1(Cc2cccc(C3(C)N=NN=N3)c2)CCC1. The molecule has 0 aromatic heterocycles. The molecule has 1 aromatic carbocycles. The molecule has 0 atom stereocenters. The lowest BCUT2D eigenvalue weighted by atomic mass is 9.65. The molecule has 1 heterocycles. The molecule has 2 aliphatic rings. The van der Waals surface area contributed by atoms with Crippen molar-refractivity contribution in [2.45, 2.75) is 38.3 Å². The zero-order chi connectivity index (χ0) is 14.9. The molecule has 1 aliphatic heterocycles. The van der Waals surface area contributed by atoms with Gasteiger partial charge in [-0.2, -0.15) is 0 Å². The van der Waals surface area contributed by atoms with Crippen LogP contribution in [0.25, 0.3) is 0 Å². The number of hydrogen-bond acceptors (Lipinski definition) is 6. The first kappa shape index (κ1) is 13.9. The highest BCUT2D eigenvalue weighted by atomic mass is 16.5. The van der Waals surface area contributed by atoms with E-state index in [1.165, 1.54) is 7.11 Å². The Balaban J connectivity index is 1.85. The standard InChI is InChI=1S/C15H18N4O2/c1-14(16-18-19-17-14)12-6-3-5-11(9-12)10-15(7-4-8-15)13(20)21-2/h3,5-6,9H,4,7-8,10H2,1-2H3. The molecular formula is C15H18N4O2. The number of carbonyl (C=O) groups is 1. The Labute approximate surface area is 123 Å². The van der Waals surface area contributed by atoms with Crippen molar-refractivity contribution in [2.24, 2.45) is 26.1 Å². The molecule has 1 aliphatic carbocycles. The number of esters is 1. The lowest BCUT2D eigenvalue weighted by molar-refractivity contribution is -0.158. The van der Waals surface area contributed by atoms with Crippen LogP contribution in [0, 0.1) is 5.41 Å². The summed E-state index contributed by atoms with van der Waals surface area (Å²) in [5, 5.41) is 15.3. The number of methoxy groups -OCH3 is 1. The van der Waals surface area contributed by atoms with Gasteiger partial charge in [-0.1, -0.05) is 30.7 Å². The van der Waals surface area contributed by atoms with Crippen LogP contribution in [-0.4, -0.2) is 13.1 Å². The molecule has 6 heteroatoms. The van der Waals surface area contributed by atoms with Crippen molar-refractivity contribution < 1.29 is 9.53 Å². The summed E-state index contributed by atoms with van der Waals surface area (Å²) in [6.45, 7) is 1.87. The van der Waals surface area contributed by atoms with Gasteiger partial charge in [-0.15, -0.1) is 10.2 Å². The van der Waals surface area contributed by atoms with Crippen LogP contribution in [0.15, 0.2) is 44.9 Å². The zero-order valence-electron chi connectivity index (χ0n) is 12.2. The van der Waals surface area contributed by atoms with Gasteiger partial charge in [0.25, 0.3) is 0 Å². The number of hydrogen-bond donors (Lipinski definition) is 0. The van der Waals surface area contributed by atoms with Gasteiger partial charge in [-0.25, -0.2) is 0 Å². The van der Waals surface area contributed by atoms with Crippen LogP contribution in [0.5, 0.6) is 0 Å². The smallest absolute Gasteiger partial charge is 0.312 e. The molecule has 0 radical (unpaired) electrons. The molecule has 0 bridgehead atoms. The Kier molecular flexibility index (Phi) is 3.31. The maximum atomic E-state index is 12.0. The van der Waals surface area contributed by atoms with E-state index < -0.39 is 5.66 Å². The third kappa shape index (κ3) is 2.34. The Morgan fingerprint density at radius 2 is 2.00 bits per heavy atom. The van der Waals surface area contributed by atoms with E-state index in [1.54, 1.807) is 0 Å². The second-order valence-corrected chi connectivity index (χ2v) is 5.90. The average Bonchev–Trinajstić information content (AvgIpc) is 2.90.